The maximum absolute atomic E-state index is 8.93. The van der Waals surface area contributed by atoms with Gasteiger partial charge in [0.05, 0.1) is 11.1 Å². The summed E-state index contributed by atoms with van der Waals surface area (Å²) in [4.78, 5) is 3.94. The predicted octanol–water partition coefficient (Wildman–Crippen LogP) is 3.27. The zero-order valence-electron chi connectivity index (χ0n) is 9.09. The van der Waals surface area contributed by atoms with E-state index in [1.54, 1.807) is 24.3 Å². The minimum Gasteiger partial charge on any atom is -0.436 e. The molecule has 1 aromatic carbocycles. The lowest BCUT2D eigenvalue weighted by molar-refractivity contribution is 0.461. The Labute approximate surface area is 109 Å². The van der Waals surface area contributed by atoms with Crippen molar-refractivity contribution in [1.29, 1.82) is 10.5 Å². The summed E-state index contributed by atoms with van der Waals surface area (Å²) < 4.78 is 5.46. The lowest BCUT2D eigenvalue weighted by Crippen LogP contribution is -1.93. The fraction of sp³-hybridized carbons (Fsp3) is 0. The number of halogens is 1. The Kier molecular flexibility index (Phi) is 3.43. The molecular weight excluding hydrogens is 250 g/mol. The van der Waals surface area contributed by atoms with E-state index >= 15 is 0 Å². The van der Waals surface area contributed by atoms with Crippen LogP contribution in [0.4, 0.5) is 0 Å². The Morgan fingerprint density at radius 1 is 1.06 bits per heavy atom. The number of nitrogens with zero attached hydrogens (tertiary/aromatic N) is 3. The molecule has 18 heavy (non-hydrogen) atoms. The quantitative estimate of drug-likeness (QED) is 0.826. The fourth-order valence-electron chi connectivity index (χ4n) is 1.33. The van der Waals surface area contributed by atoms with E-state index in [2.05, 4.69) is 4.98 Å². The molecular formula is C13H6ClN3O. The molecule has 0 aliphatic carbocycles. The van der Waals surface area contributed by atoms with Crippen LogP contribution in [-0.2, 0) is 0 Å². The van der Waals surface area contributed by atoms with Gasteiger partial charge in [0.2, 0.25) is 5.88 Å². The van der Waals surface area contributed by atoms with Crippen LogP contribution in [-0.4, -0.2) is 4.98 Å². The summed E-state index contributed by atoms with van der Waals surface area (Å²) in [6.07, 6.45) is 1.43. The van der Waals surface area contributed by atoms with Gasteiger partial charge in [-0.15, -0.1) is 0 Å². The first-order valence-corrected chi connectivity index (χ1v) is 5.35. The largest absolute Gasteiger partial charge is 0.436 e. The van der Waals surface area contributed by atoms with Gasteiger partial charge >= 0.3 is 0 Å². The van der Waals surface area contributed by atoms with Crippen molar-refractivity contribution >= 4 is 11.6 Å². The summed E-state index contributed by atoms with van der Waals surface area (Å²) in [5, 5.41) is 17.9. The zero-order valence-corrected chi connectivity index (χ0v) is 9.85. The average Bonchev–Trinajstić information content (AvgIpc) is 2.42. The van der Waals surface area contributed by atoms with Gasteiger partial charge in [-0.3, -0.25) is 0 Å². The van der Waals surface area contributed by atoms with Gasteiger partial charge in [-0.05, 0) is 18.2 Å². The lowest BCUT2D eigenvalue weighted by atomic mass is 10.2. The molecule has 0 aliphatic rings. The normalized spacial score (nSPS) is 9.28. The van der Waals surface area contributed by atoms with Gasteiger partial charge in [0, 0.05) is 6.20 Å². The van der Waals surface area contributed by atoms with E-state index in [1.807, 2.05) is 12.1 Å². The van der Waals surface area contributed by atoms with Crippen molar-refractivity contribution in [1.82, 2.24) is 4.98 Å². The van der Waals surface area contributed by atoms with Gasteiger partial charge in [-0.1, -0.05) is 23.7 Å². The summed E-state index contributed by atoms with van der Waals surface area (Å²) in [6, 6.07) is 12.1. The second-order valence-electron chi connectivity index (χ2n) is 3.30. The highest BCUT2D eigenvalue weighted by Gasteiger charge is 2.11. The first-order valence-electron chi connectivity index (χ1n) is 4.98. The molecule has 0 unspecified atom stereocenters. The number of aromatic nitrogens is 1. The van der Waals surface area contributed by atoms with Crippen molar-refractivity contribution < 1.29 is 4.74 Å². The number of pyridine rings is 1. The SMILES string of the molecule is N#Cc1ccccc1Oc1nccc(C#N)c1Cl. The standard InChI is InChI=1S/C13H6ClN3O/c14-12-10(8-16)5-6-17-13(12)18-11-4-2-1-3-9(11)7-15/h1-6H. The summed E-state index contributed by atoms with van der Waals surface area (Å²) in [6.45, 7) is 0. The maximum Gasteiger partial charge on any atom is 0.239 e. The highest BCUT2D eigenvalue weighted by Crippen LogP contribution is 2.30. The molecule has 0 spiro atoms. The van der Waals surface area contributed by atoms with Crippen LogP contribution in [0.25, 0.3) is 0 Å². The van der Waals surface area contributed by atoms with Gasteiger partial charge < -0.3 is 4.74 Å². The zero-order chi connectivity index (χ0) is 13.0. The minimum atomic E-state index is 0.110. The third-order valence-corrected chi connectivity index (χ3v) is 2.56. The Morgan fingerprint density at radius 3 is 2.50 bits per heavy atom. The van der Waals surface area contributed by atoms with Crippen LogP contribution in [0, 0.1) is 22.7 Å². The molecule has 0 atom stereocenters. The van der Waals surface area contributed by atoms with Gasteiger partial charge in [-0.2, -0.15) is 10.5 Å². The molecule has 0 bridgehead atoms. The topological polar surface area (TPSA) is 69.7 Å². The first-order chi connectivity index (χ1) is 8.76. The molecule has 0 radical (unpaired) electrons. The number of ether oxygens (including phenoxy) is 1. The second-order valence-corrected chi connectivity index (χ2v) is 3.68. The van der Waals surface area contributed by atoms with Gasteiger partial charge in [0.1, 0.15) is 22.9 Å². The predicted molar refractivity (Wildman–Crippen MR) is 65.2 cm³/mol. The minimum absolute atomic E-state index is 0.110. The average molecular weight is 256 g/mol. The van der Waals surface area contributed by atoms with Gasteiger partial charge in [0.25, 0.3) is 0 Å². The van der Waals surface area contributed by atoms with Crippen LogP contribution in [0.3, 0.4) is 0 Å². The lowest BCUT2D eigenvalue weighted by Gasteiger charge is -2.07. The van der Waals surface area contributed by atoms with Crippen molar-refractivity contribution in [3.63, 3.8) is 0 Å². The molecule has 5 heteroatoms. The Balaban J connectivity index is 2.42. The van der Waals surface area contributed by atoms with Crippen LogP contribution < -0.4 is 4.74 Å². The summed E-state index contributed by atoms with van der Waals surface area (Å²) >= 11 is 5.96. The molecule has 0 fully saturated rings. The van der Waals surface area contributed by atoms with E-state index in [0.717, 1.165) is 0 Å². The number of rotatable bonds is 2. The van der Waals surface area contributed by atoms with Crippen molar-refractivity contribution in [2.75, 3.05) is 0 Å². The molecule has 0 saturated carbocycles. The van der Waals surface area contributed by atoms with Crippen LogP contribution in [0.1, 0.15) is 11.1 Å². The van der Waals surface area contributed by atoms with E-state index in [9.17, 15) is 0 Å². The number of nitriles is 2. The van der Waals surface area contributed by atoms with Crippen molar-refractivity contribution in [3.05, 3.63) is 52.7 Å². The number of para-hydroxylation sites is 1. The number of hydrogen-bond acceptors (Lipinski definition) is 4. The highest BCUT2D eigenvalue weighted by molar-refractivity contribution is 6.33. The highest BCUT2D eigenvalue weighted by atomic mass is 35.5. The van der Waals surface area contributed by atoms with Crippen LogP contribution in [0.5, 0.6) is 11.6 Å². The summed E-state index contributed by atoms with van der Waals surface area (Å²) in [5.74, 6) is 0.461. The third-order valence-electron chi connectivity index (χ3n) is 2.19. The van der Waals surface area contributed by atoms with E-state index in [0.29, 0.717) is 11.3 Å². The Hall–Kier alpha value is -2.56. The molecule has 86 valence electrons. The first kappa shape index (κ1) is 11.9. The van der Waals surface area contributed by atoms with Crippen LogP contribution >= 0.6 is 11.6 Å². The molecule has 0 N–H and O–H groups in total. The fourth-order valence-corrected chi connectivity index (χ4v) is 1.53. The molecule has 2 aromatic rings. The number of benzene rings is 1. The van der Waals surface area contributed by atoms with Gasteiger partial charge in [-0.25, -0.2) is 4.98 Å². The molecule has 0 saturated heterocycles. The van der Waals surface area contributed by atoms with Crippen molar-refractivity contribution in [2.24, 2.45) is 0 Å². The smallest absolute Gasteiger partial charge is 0.239 e. The molecule has 1 aromatic heterocycles. The van der Waals surface area contributed by atoms with E-state index in [-0.39, 0.29) is 16.5 Å². The maximum atomic E-state index is 8.93. The second kappa shape index (κ2) is 5.18. The molecule has 4 nitrogen and oxygen atoms in total. The van der Waals surface area contributed by atoms with Gasteiger partial charge in [0.15, 0.2) is 0 Å². The number of hydrogen-bond donors (Lipinski definition) is 0. The molecule has 0 aliphatic heterocycles. The van der Waals surface area contributed by atoms with E-state index in [4.69, 9.17) is 26.9 Å². The monoisotopic (exact) mass is 255 g/mol. The molecule has 0 amide bonds. The van der Waals surface area contributed by atoms with Crippen molar-refractivity contribution in [3.8, 4) is 23.8 Å². The molecule has 2 rings (SSSR count). The molecule has 1 heterocycles. The van der Waals surface area contributed by atoms with Crippen molar-refractivity contribution in [2.45, 2.75) is 0 Å². The van der Waals surface area contributed by atoms with E-state index in [1.165, 1.54) is 12.3 Å². The van der Waals surface area contributed by atoms with Crippen LogP contribution in [0.15, 0.2) is 36.5 Å². The Morgan fingerprint density at radius 2 is 1.78 bits per heavy atom. The van der Waals surface area contributed by atoms with E-state index < -0.39 is 0 Å². The van der Waals surface area contributed by atoms with Crippen LogP contribution in [0.2, 0.25) is 5.02 Å². The summed E-state index contributed by atoms with van der Waals surface area (Å²) in [5.41, 5.74) is 0.647. The Bertz CT molecular complexity index is 671. The summed E-state index contributed by atoms with van der Waals surface area (Å²) in [7, 11) is 0. The third kappa shape index (κ3) is 2.24.